The molecular formula is C11H12N4O2. The van der Waals surface area contributed by atoms with Gasteiger partial charge < -0.3 is 4.74 Å². The Balaban J connectivity index is 1.88. The third kappa shape index (κ3) is 1.94. The van der Waals surface area contributed by atoms with E-state index >= 15 is 0 Å². The fraction of sp³-hybridized carbons (Fsp3) is 0.273. The summed E-state index contributed by atoms with van der Waals surface area (Å²) in [6.45, 7) is 2.00. The maximum absolute atomic E-state index is 11.5. The maximum Gasteiger partial charge on any atom is 0.269 e. The number of hydrogen-bond acceptors (Lipinski definition) is 4. The molecule has 6 heteroatoms. The summed E-state index contributed by atoms with van der Waals surface area (Å²) in [5.41, 5.74) is 3.85. The second-order valence-electron chi connectivity index (χ2n) is 3.82. The summed E-state index contributed by atoms with van der Waals surface area (Å²) in [4.78, 5) is 11.5. The van der Waals surface area contributed by atoms with E-state index in [1.807, 2.05) is 10.7 Å². The highest BCUT2D eigenvalue weighted by Crippen LogP contribution is 2.13. The Morgan fingerprint density at radius 3 is 3.18 bits per heavy atom. The maximum atomic E-state index is 11.5. The van der Waals surface area contributed by atoms with Gasteiger partial charge >= 0.3 is 0 Å². The predicted molar refractivity (Wildman–Crippen MR) is 61.6 cm³/mol. The molecule has 17 heavy (non-hydrogen) atoms. The summed E-state index contributed by atoms with van der Waals surface area (Å²) in [6, 6.07) is 6.87. The van der Waals surface area contributed by atoms with Crippen molar-refractivity contribution < 1.29 is 4.74 Å². The number of nitrogens with one attached hydrogen (secondary N) is 1. The molecule has 1 aliphatic rings. The SMILES string of the molecule is O=c1ccccn1Nc1cc2n(n1)CCOC2. The van der Waals surface area contributed by atoms with E-state index < -0.39 is 0 Å². The van der Waals surface area contributed by atoms with Crippen LogP contribution in [0.1, 0.15) is 5.69 Å². The van der Waals surface area contributed by atoms with Gasteiger partial charge in [0.25, 0.3) is 5.56 Å². The molecule has 0 aromatic carbocycles. The number of fused-ring (bicyclic) bond motifs is 1. The standard InChI is InChI=1S/C11H12N4O2/c16-11-3-1-2-4-15(11)13-10-7-9-8-17-6-5-14(9)12-10/h1-4,7H,5-6,8H2,(H,12,13). The second kappa shape index (κ2) is 4.06. The zero-order chi connectivity index (χ0) is 11.7. The van der Waals surface area contributed by atoms with Crippen LogP contribution in [0.4, 0.5) is 5.82 Å². The quantitative estimate of drug-likeness (QED) is 0.816. The Morgan fingerprint density at radius 2 is 2.35 bits per heavy atom. The van der Waals surface area contributed by atoms with Crippen LogP contribution < -0.4 is 11.0 Å². The average molecular weight is 232 g/mol. The normalized spacial score (nSPS) is 14.4. The first-order valence-electron chi connectivity index (χ1n) is 5.42. The van der Waals surface area contributed by atoms with Crippen molar-refractivity contribution in [3.63, 3.8) is 0 Å². The van der Waals surface area contributed by atoms with Crippen molar-refractivity contribution in [1.82, 2.24) is 14.5 Å². The van der Waals surface area contributed by atoms with Crippen molar-refractivity contribution in [2.24, 2.45) is 0 Å². The van der Waals surface area contributed by atoms with Gasteiger partial charge in [-0.1, -0.05) is 6.07 Å². The van der Waals surface area contributed by atoms with Gasteiger partial charge in [-0.15, -0.1) is 0 Å². The van der Waals surface area contributed by atoms with E-state index in [9.17, 15) is 4.79 Å². The number of hydrogen-bond donors (Lipinski definition) is 1. The number of pyridine rings is 1. The lowest BCUT2D eigenvalue weighted by molar-refractivity contribution is 0.0801. The molecule has 0 atom stereocenters. The molecule has 3 rings (SSSR count). The van der Waals surface area contributed by atoms with Crippen molar-refractivity contribution in [1.29, 1.82) is 0 Å². The van der Waals surface area contributed by atoms with E-state index in [4.69, 9.17) is 4.74 Å². The molecule has 1 N–H and O–H groups in total. The van der Waals surface area contributed by atoms with Crippen LogP contribution in [0.25, 0.3) is 0 Å². The van der Waals surface area contributed by atoms with Crippen LogP contribution in [0.3, 0.4) is 0 Å². The molecule has 0 unspecified atom stereocenters. The third-order valence-electron chi connectivity index (χ3n) is 2.62. The van der Waals surface area contributed by atoms with Crippen LogP contribution in [-0.4, -0.2) is 21.1 Å². The van der Waals surface area contributed by atoms with Gasteiger partial charge in [0.15, 0.2) is 5.82 Å². The van der Waals surface area contributed by atoms with Crippen LogP contribution in [0, 0.1) is 0 Å². The van der Waals surface area contributed by atoms with E-state index in [0.717, 1.165) is 12.2 Å². The zero-order valence-corrected chi connectivity index (χ0v) is 9.17. The van der Waals surface area contributed by atoms with Crippen molar-refractivity contribution >= 4 is 5.82 Å². The van der Waals surface area contributed by atoms with Gasteiger partial charge in [-0.25, -0.2) is 4.68 Å². The fourth-order valence-corrected chi connectivity index (χ4v) is 1.79. The summed E-state index contributed by atoms with van der Waals surface area (Å²) in [6.07, 6.45) is 1.66. The van der Waals surface area contributed by atoms with Crippen LogP contribution >= 0.6 is 0 Å². The number of rotatable bonds is 2. The zero-order valence-electron chi connectivity index (χ0n) is 9.17. The Bertz CT molecular complexity index is 564. The fourth-order valence-electron chi connectivity index (χ4n) is 1.79. The lowest BCUT2D eigenvalue weighted by atomic mass is 10.4. The van der Waals surface area contributed by atoms with Crippen molar-refractivity contribution in [3.05, 3.63) is 46.5 Å². The molecule has 0 bridgehead atoms. The Hall–Kier alpha value is -2.08. The molecule has 0 saturated carbocycles. The minimum Gasteiger partial charge on any atom is -0.373 e. The monoisotopic (exact) mass is 232 g/mol. The molecule has 88 valence electrons. The molecule has 3 heterocycles. The molecule has 0 amide bonds. The first kappa shape index (κ1) is 10.1. The molecule has 2 aromatic rings. The van der Waals surface area contributed by atoms with E-state index in [2.05, 4.69) is 10.5 Å². The highest BCUT2D eigenvalue weighted by molar-refractivity contribution is 5.35. The average Bonchev–Trinajstić information content (AvgIpc) is 2.74. The first-order valence-corrected chi connectivity index (χ1v) is 5.42. The Labute approximate surface area is 97.4 Å². The van der Waals surface area contributed by atoms with Gasteiger partial charge in [0.05, 0.1) is 25.5 Å². The lowest BCUT2D eigenvalue weighted by Gasteiger charge is -2.12. The van der Waals surface area contributed by atoms with Crippen molar-refractivity contribution in [2.75, 3.05) is 12.0 Å². The van der Waals surface area contributed by atoms with Crippen molar-refractivity contribution in [3.8, 4) is 0 Å². The molecule has 0 spiro atoms. The van der Waals surface area contributed by atoms with Gasteiger partial charge in [-0.05, 0) is 6.07 Å². The predicted octanol–water partition coefficient (Wildman–Crippen LogP) is 0.450. The Morgan fingerprint density at radius 1 is 1.41 bits per heavy atom. The Kier molecular flexibility index (Phi) is 2.41. The smallest absolute Gasteiger partial charge is 0.269 e. The van der Waals surface area contributed by atoms with Gasteiger partial charge in [0.1, 0.15) is 0 Å². The van der Waals surface area contributed by atoms with Gasteiger partial charge in [0.2, 0.25) is 0 Å². The molecule has 0 radical (unpaired) electrons. The molecule has 0 aliphatic carbocycles. The van der Waals surface area contributed by atoms with E-state index in [1.165, 1.54) is 10.7 Å². The van der Waals surface area contributed by atoms with Gasteiger partial charge in [-0.3, -0.25) is 14.9 Å². The molecule has 6 nitrogen and oxygen atoms in total. The summed E-state index contributed by atoms with van der Waals surface area (Å²) < 4.78 is 8.61. The highest BCUT2D eigenvalue weighted by Gasteiger charge is 2.12. The minimum absolute atomic E-state index is 0.116. The second-order valence-corrected chi connectivity index (χ2v) is 3.82. The minimum atomic E-state index is -0.116. The molecule has 0 fully saturated rings. The van der Waals surface area contributed by atoms with Crippen LogP contribution in [0.15, 0.2) is 35.3 Å². The first-order chi connectivity index (χ1) is 8.33. The lowest BCUT2D eigenvalue weighted by Crippen LogP contribution is -2.24. The van der Waals surface area contributed by atoms with Crippen LogP contribution in [0.5, 0.6) is 0 Å². The number of aromatic nitrogens is 3. The topological polar surface area (TPSA) is 61.1 Å². The summed E-state index contributed by atoms with van der Waals surface area (Å²) >= 11 is 0. The van der Waals surface area contributed by atoms with E-state index in [0.29, 0.717) is 19.0 Å². The summed E-state index contributed by atoms with van der Waals surface area (Å²) in [5.74, 6) is 0.652. The molecule has 2 aromatic heterocycles. The number of ether oxygens (including phenoxy) is 1. The van der Waals surface area contributed by atoms with Crippen molar-refractivity contribution in [2.45, 2.75) is 13.2 Å². The highest BCUT2D eigenvalue weighted by atomic mass is 16.5. The third-order valence-corrected chi connectivity index (χ3v) is 2.62. The molecular weight excluding hydrogens is 220 g/mol. The van der Waals surface area contributed by atoms with E-state index in [1.54, 1.807) is 18.3 Å². The van der Waals surface area contributed by atoms with Gasteiger partial charge in [-0.2, -0.15) is 5.10 Å². The van der Waals surface area contributed by atoms with E-state index in [-0.39, 0.29) is 5.56 Å². The largest absolute Gasteiger partial charge is 0.373 e. The van der Waals surface area contributed by atoms with Crippen LogP contribution in [0.2, 0.25) is 0 Å². The number of nitrogens with zero attached hydrogens (tertiary/aromatic N) is 3. The summed E-state index contributed by atoms with van der Waals surface area (Å²) in [7, 11) is 0. The van der Waals surface area contributed by atoms with Crippen LogP contribution in [-0.2, 0) is 17.9 Å². The molecule has 1 aliphatic heterocycles. The summed E-state index contributed by atoms with van der Waals surface area (Å²) in [5, 5.41) is 4.35. The number of anilines is 1. The van der Waals surface area contributed by atoms with Gasteiger partial charge in [0, 0.05) is 18.3 Å². The molecule has 0 saturated heterocycles.